The summed E-state index contributed by atoms with van der Waals surface area (Å²) in [5.74, 6) is -0.418. The van der Waals surface area contributed by atoms with Crippen molar-refractivity contribution in [1.82, 2.24) is 5.32 Å². The van der Waals surface area contributed by atoms with Crippen LogP contribution in [0.5, 0.6) is 5.75 Å². The van der Waals surface area contributed by atoms with Crippen LogP contribution in [0, 0.1) is 10.1 Å². The van der Waals surface area contributed by atoms with Crippen molar-refractivity contribution in [3.05, 3.63) is 34.4 Å². The van der Waals surface area contributed by atoms with Crippen LogP contribution in [0.1, 0.15) is 13.8 Å². The fourth-order valence-electron chi connectivity index (χ4n) is 3.79. The quantitative estimate of drug-likeness (QED) is 0.178. The molecule has 2 aliphatic heterocycles. The van der Waals surface area contributed by atoms with Crippen molar-refractivity contribution in [3.8, 4) is 5.75 Å². The number of benzene rings is 1. The zero-order chi connectivity index (χ0) is 25.2. The Morgan fingerprint density at radius 1 is 1.06 bits per heavy atom. The number of nitrogens with zero attached hydrogens (tertiary/aromatic N) is 1. The lowest BCUT2D eigenvalue weighted by atomic mass is 9.95. The molecule has 2 aliphatic rings. The molecule has 2 saturated heterocycles. The molecule has 1 aromatic rings. The van der Waals surface area contributed by atoms with Crippen LogP contribution in [0.4, 0.5) is 5.69 Å². The largest absolute Gasteiger partial charge is 0.463 e. The number of hydrogen-bond acceptors (Lipinski definition) is 12. The first-order valence-corrected chi connectivity index (χ1v) is 10.5. The Hall–Kier alpha value is -2.43. The predicted octanol–water partition coefficient (Wildman–Crippen LogP) is -2.23. The molecule has 0 bridgehead atoms. The van der Waals surface area contributed by atoms with Gasteiger partial charge in [-0.2, -0.15) is 0 Å². The van der Waals surface area contributed by atoms with E-state index in [1.54, 1.807) is 0 Å². The maximum atomic E-state index is 11.8. The molecule has 14 heteroatoms. The van der Waals surface area contributed by atoms with E-state index in [4.69, 9.17) is 18.9 Å². The van der Waals surface area contributed by atoms with Gasteiger partial charge in [0.25, 0.3) is 5.69 Å². The van der Waals surface area contributed by atoms with Gasteiger partial charge in [0.1, 0.15) is 48.4 Å². The van der Waals surface area contributed by atoms with Gasteiger partial charge in [-0.3, -0.25) is 14.9 Å². The second kappa shape index (κ2) is 10.9. The summed E-state index contributed by atoms with van der Waals surface area (Å²) in [6.45, 7) is 1.97. The highest BCUT2D eigenvalue weighted by atomic mass is 16.7. The van der Waals surface area contributed by atoms with Crippen molar-refractivity contribution in [3.63, 3.8) is 0 Å². The Labute approximate surface area is 193 Å². The Kier molecular flexibility index (Phi) is 8.38. The fourth-order valence-corrected chi connectivity index (χ4v) is 3.79. The van der Waals surface area contributed by atoms with Crippen molar-refractivity contribution in [2.45, 2.75) is 75.2 Å². The summed E-state index contributed by atoms with van der Waals surface area (Å²) >= 11 is 0. The molecule has 0 radical (unpaired) electrons. The second-order valence-electron chi connectivity index (χ2n) is 8.09. The predicted molar refractivity (Wildman–Crippen MR) is 110 cm³/mol. The smallest absolute Gasteiger partial charge is 0.269 e. The van der Waals surface area contributed by atoms with Crippen LogP contribution in [0.15, 0.2) is 24.3 Å². The molecule has 0 unspecified atom stereocenters. The van der Waals surface area contributed by atoms with Crippen LogP contribution in [0.25, 0.3) is 0 Å². The zero-order valence-electron chi connectivity index (χ0n) is 18.3. The minimum absolute atomic E-state index is 0.131. The Balaban J connectivity index is 1.80. The highest BCUT2D eigenvalue weighted by Gasteiger charge is 2.51. The van der Waals surface area contributed by atoms with Gasteiger partial charge in [-0.15, -0.1) is 0 Å². The highest BCUT2D eigenvalue weighted by molar-refractivity contribution is 5.73. The van der Waals surface area contributed by atoms with Crippen molar-refractivity contribution in [2.24, 2.45) is 0 Å². The average Bonchev–Trinajstić information content (AvgIpc) is 2.79. The first-order chi connectivity index (χ1) is 16.0. The second-order valence-corrected chi connectivity index (χ2v) is 8.09. The number of carbonyl (C=O) groups is 1. The van der Waals surface area contributed by atoms with Gasteiger partial charge >= 0.3 is 0 Å². The molecular formula is C20H28N2O12. The molecule has 6 N–H and O–H groups in total. The summed E-state index contributed by atoms with van der Waals surface area (Å²) in [5.41, 5.74) is -0.176. The Morgan fingerprint density at radius 2 is 1.71 bits per heavy atom. The molecule has 0 spiro atoms. The molecule has 14 nitrogen and oxygen atoms in total. The van der Waals surface area contributed by atoms with E-state index in [0.717, 1.165) is 0 Å². The topological polar surface area (TPSA) is 210 Å². The summed E-state index contributed by atoms with van der Waals surface area (Å²) in [6.07, 6.45) is -12.5. The molecule has 2 fully saturated rings. The maximum absolute atomic E-state index is 11.8. The van der Waals surface area contributed by atoms with E-state index in [9.17, 15) is 40.4 Å². The number of ether oxygens (including phenoxy) is 4. The first kappa shape index (κ1) is 26.2. The average molecular weight is 488 g/mol. The molecule has 3 rings (SSSR count). The number of aliphatic hydroxyl groups excluding tert-OH is 5. The third-order valence-corrected chi connectivity index (χ3v) is 5.62. The number of nitro benzene ring substituents is 1. The van der Waals surface area contributed by atoms with Crippen LogP contribution in [-0.2, 0) is 19.0 Å². The Morgan fingerprint density at radius 3 is 2.26 bits per heavy atom. The molecule has 1 aromatic carbocycles. The monoisotopic (exact) mass is 488 g/mol. The molecule has 2 heterocycles. The van der Waals surface area contributed by atoms with Gasteiger partial charge in [-0.1, -0.05) is 0 Å². The van der Waals surface area contributed by atoms with Crippen molar-refractivity contribution in [2.75, 3.05) is 6.61 Å². The third kappa shape index (κ3) is 5.61. The summed E-state index contributed by atoms with van der Waals surface area (Å²) in [4.78, 5) is 22.0. The zero-order valence-corrected chi connectivity index (χ0v) is 18.3. The van der Waals surface area contributed by atoms with E-state index in [0.29, 0.717) is 0 Å². The van der Waals surface area contributed by atoms with E-state index in [1.165, 1.54) is 38.1 Å². The van der Waals surface area contributed by atoms with Crippen LogP contribution < -0.4 is 10.1 Å². The number of amides is 1. The summed E-state index contributed by atoms with van der Waals surface area (Å²) in [6, 6.07) is 3.76. The van der Waals surface area contributed by atoms with Crippen molar-refractivity contribution >= 4 is 11.6 Å². The van der Waals surface area contributed by atoms with Gasteiger partial charge in [-0.25, -0.2) is 0 Å². The van der Waals surface area contributed by atoms with E-state index >= 15 is 0 Å². The third-order valence-electron chi connectivity index (χ3n) is 5.62. The van der Waals surface area contributed by atoms with Crippen LogP contribution in [0.3, 0.4) is 0 Å². The van der Waals surface area contributed by atoms with Gasteiger partial charge in [0.2, 0.25) is 12.2 Å². The number of non-ortho nitro benzene ring substituents is 1. The van der Waals surface area contributed by atoms with Crippen LogP contribution >= 0.6 is 0 Å². The molecule has 1 amide bonds. The molecule has 0 aromatic heterocycles. The SMILES string of the molecule is CC(=O)N[C@@H]1[C@H](Oc2ccc([N+](=O)[O-])cc2)O[C@@H](CO)[C@@H](O[C@@H]2O[C@@H](C)[C@@H](O)[C@H](O)[C@@H]2O)[C@H]1O. The van der Waals surface area contributed by atoms with Gasteiger partial charge in [-0.05, 0) is 19.1 Å². The van der Waals surface area contributed by atoms with Gasteiger partial charge in [0.15, 0.2) is 6.29 Å². The maximum Gasteiger partial charge on any atom is 0.269 e. The van der Waals surface area contributed by atoms with E-state index in [1.807, 2.05) is 0 Å². The first-order valence-electron chi connectivity index (χ1n) is 10.5. The number of carbonyl (C=O) groups excluding carboxylic acids is 1. The molecule has 34 heavy (non-hydrogen) atoms. The summed E-state index contributed by atoms with van der Waals surface area (Å²) in [7, 11) is 0. The summed E-state index contributed by atoms with van der Waals surface area (Å²) < 4.78 is 22.4. The lowest BCUT2D eigenvalue weighted by molar-refractivity contribution is -0.384. The molecule has 0 saturated carbocycles. The molecule has 10 atom stereocenters. The van der Waals surface area contributed by atoms with Gasteiger partial charge in [0.05, 0.1) is 17.6 Å². The number of nitro groups is 1. The van der Waals surface area contributed by atoms with Crippen molar-refractivity contribution in [1.29, 1.82) is 0 Å². The molecule has 0 aliphatic carbocycles. The number of nitrogens with one attached hydrogen (secondary N) is 1. The lowest BCUT2D eigenvalue weighted by Gasteiger charge is -2.46. The highest BCUT2D eigenvalue weighted by Crippen LogP contribution is 2.30. The van der Waals surface area contributed by atoms with E-state index in [-0.39, 0.29) is 11.4 Å². The number of hydrogen-bond donors (Lipinski definition) is 6. The standard InChI is InChI=1S/C20H28N2O12/c1-8-14(25)16(27)17(28)20(31-8)34-18-12(7-23)33-19(13(15(18)26)21-9(2)24)32-11-5-3-10(4-6-11)22(29)30/h3-6,8,12-20,23,25-28H,7H2,1-2H3,(H,21,24)/t8-,12-,13-,14+,15-,16-,17-,18+,19+,20-/m0/s1. The lowest BCUT2D eigenvalue weighted by Crippen LogP contribution is -2.67. The molecule has 190 valence electrons. The normalized spacial score (nSPS) is 38.2. The number of aliphatic hydroxyl groups is 5. The van der Waals surface area contributed by atoms with Crippen LogP contribution in [0.2, 0.25) is 0 Å². The van der Waals surface area contributed by atoms with Crippen molar-refractivity contribution < 1.29 is 54.2 Å². The van der Waals surface area contributed by atoms with Gasteiger partial charge < -0.3 is 49.8 Å². The van der Waals surface area contributed by atoms with Crippen LogP contribution in [-0.4, -0.2) is 104 Å². The Bertz CT molecular complexity index is 854. The number of rotatable bonds is 7. The van der Waals surface area contributed by atoms with E-state index < -0.39 is 78.8 Å². The van der Waals surface area contributed by atoms with E-state index in [2.05, 4.69) is 5.32 Å². The molecular weight excluding hydrogens is 460 g/mol. The minimum Gasteiger partial charge on any atom is -0.463 e. The summed E-state index contributed by atoms with van der Waals surface area (Å²) in [5, 5.41) is 64.3. The van der Waals surface area contributed by atoms with Gasteiger partial charge in [0, 0.05) is 19.1 Å². The minimum atomic E-state index is -1.67. The fraction of sp³-hybridized carbons (Fsp3) is 0.650.